The van der Waals surface area contributed by atoms with Gasteiger partial charge in [0.05, 0.1) is 16.8 Å². The molecule has 1 N–H and O–H groups in total. The maximum Gasteiger partial charge on any atom is 0.167 e. The monoisotopic (exact) mass is 924 g/mol. The average molecular weight is 925 g/mol. The first kappa shape index (κ1) is 43.8. The van der Waals surface area contributed by atoms with Crippen molar-refractivity contribution in [3.8, 4) is 33.4 Å². The van der Waals surface area contributed by atoms with Crippen LogP contribution in [-0.2, 0) is 9.98 Å². The van der Waals surface area contributed by atoms with Crippen molar-refractivity contribution in [2.75, 3.05) is 4.90 Å². The Morgan fingerprint density at radius 2 is 1.49 bits per heavy atom. The van der Waals surface area contributed by atoms with E-state index < -0.39 is 12.6 Å². The molecule has 0 saturated heterocycles. The van der Waals surface area contributed by atoms with Crippen LogP contribution in [0.15, 0.2) is 247 Å². The fraction of sp³-hybridized carbons (Fsp3) is 0.152. The molecular formula is C66H57N2OP. The van der Waals surface area contributed by atoms with Gasteiger partial charge in [-0.3, -0.25) is 0 Å². The zero-order valence-electron chi connectivity index (χ0n) is 40.3. The third-order valence-electron chi connectivity index (χ3n) is 15.7. The molecule has 0 radical (unpaired) electrons. The summed E-state index contributed by atoms with van der Waals surface area (Å²) in [5.41, 5.74) is 22.0. The second-order valence-electron chi connectivity index (χ2n) is 19.5. The van der Waals surface area contributed by atoms with E-state index >= 15 is 4.57 Å². The number of anilines is 1. The predicted molar refractivity (Wildman–Crippen MR) is 296 cm³/mol. The minimum Gasteiger partial charge on any atom is -0.363 e. The lowest BCUT2D eigenvalue weighted by atomic mass is 9.67. The van der Waals surface area contributed by atoms with Gasteiger partial charge in [0.25, 0.3) is 0 Å². The molecule has 6 aliphatic rings. The summed E-state index contributed by atoms with van der Waals surface area (Å²) in [6, 6.07) is 51.1. The summed E-state index contributed by atoms with van der Waals surface area (Å²) in [5.74, 6) is 0.512. The molecule has 6 aromatic carbocycles. The van der Waals surface area contributed by atoms with E-state index in [9.17, 15) is 0 Å². The number of benzene rings is 6. The van der Waals surface area contributed by atoms with Crippen LogP contribution >= 0.6 is 7.14 Å². The molecule has 0 saturated carbocycles. The van der Waals surface area contributed by atoms with Crippen molar-refractivity contribution in [2.24, 2.45) is 5.92 Å². The summed E-state index contributed by atoms with van der Waals surface area (Å²) >= 11 is 0. The van der Waals surface area contributed by atoms with Gasteiger partial charge in [-0.1, -0.05) is 190 Å². The number of nitrogens with zero attached hydrogens (tertiary/aromatic N) is 1. The standard InChI is InChI=1S/C66H57N2OP/c1-6-9-20-50(19-7-2)70(69,51-21-11-10-12-22-51)49(8-3)42-60-44(5)52-36-34-47(40-61(52)66(60)58-27-17-15-24-54(58)55-25-16-18-28-59(55)66)45-30-32-46(33-31-45)48-35-37-56-53-23-13-14-26-57(53)65-67-62-39-43(4)29-38-63(62)68(65)64(56)41-48/h6-17,20-27,29-38,40-43,65,67H,2-3,18-19,28,39H2,1,4-5H3/b9-6-,49-42+,50-20+/t43-,65?,66?,70?/m1/s1. The van der Waals surface area contributed by atoms with E-state index in [0.29, 0.717) is 12.3 Å². The van der Waals surface area contributed by atoms with Crippen LogP contribution < -0.4 is 15.5 Å². The Kier molecular flexibility index (Phi) is 10.8. The van der Waals surface area contributed by atoms with Gasteiger partial charge < -0.3 is 14.8 Å². The molecule has 0 bridgehead atoms. The summed E-state index contributed by atoms with van der Waals surface area (Å²) in [7, 11) is -3.41. The zero-order chi connectivity index (χ0) is 47.7. The predicted octanol–water partition coefficient (Wildman–Crippen LogP) is 16.9. The fourth-order valence-corrected chi connectivity index (χ4v) is 15.3. The number of allylic oxidation sites excluding steroid dienone is 17. The Labute approximate surface area is 413 Å². The lowest BCUT2D eigenvalue weighted by Crippen LogP contribution is -2.32. The molecule has 4 heteroatoms. The van der Waals surface area contributed by atoms with Crippen LogP contribution in [0.5, 0.6) is 0 Å². The van der Waals surface area contributed by atoms with Crippen molar-refractivity contribution in [1.29, 1.82) is 0 Å². The Balaban J connectivity index is 0.982. The normalized spacial score (nSPS) is 21.5. The Morgan fingerprint density at radius 1 is 0.786 bits per heavy atom. The van der Waals surface area contributed by atoms with Crippen LogP contribution in [0, 0.1) is 5.92 Å². The van der Waals surface area contributed by atoms with Gasteiger partial charge in [0, 0.05) is 32.8 Å². The Bertz CT molecular complexity index is 3510. The molecule has 4 atom stereocenters. The molecule has 12 rings (SSSR count). The quantitative estimate of drug-likeness (QED) is 0.0844. The van der Waals surface area contributed by atoms with Crippen molar-refractivity contribution >= 4 is 29.3 Å². The highest BCUT2D eigenvalue weighted by Crippen LogP contribution is 2.67. The highest BCUT2D eigenvalue weighted by Gasteiger charge is 2.53. The van der Waals surface area contributed by atoms with Gasteiger partial charge in [-0.05, 0) is 142 Å². The van der Waals surface area contributed by atoms with Crippen LogP contribution in [-0.4, -0.2) is 0 Å². The second kappa shape index (κ2) is 17.2. The first-order valence-electron chi connectivity index (χ1n) is 24.9. The molecule has 342 valence electrons. The smallest absolute Gasteiger partial charge is 0.167 e. The van der Waals surface area contributed by atoms with Gasteiger partial charge >= 0.3 is 0 Å². The highest BCUT2D eigenvalue weighted by atomic mass is 31.2. The summed E-state index contributed by atoms with van der Waals surface area (Å²) in [6.45, 7) is 15.1. The van der Waals surface area contributed by atoms with Crippen molar-refractivity contribution in [3.63, 3.8) is 0 Å². The molecule has 70 heavy (non-hydrogen) atoms. The summed E-state index contributed by atoms with van der Waals surface area (Å²) in [4.78, 5) is 2.52. The van der Waals surface area contributed by atoms with Crippen molar-refractivity contribution < 1.29 is 4.57 Å². The SMILES string of the molecule is C=CC/C(=C\C=C/C)P(=O)(/C(C=C)=C/C1=C(C)c2ccc(-c3ccc(-c4ccc5c(c4)N4C6=C(C[C@H](C)C=C6)NC4c4ccccc4-5)cc3)cc2C12C1=C(C=CCC1)c1ccccc12)c1ccccc1. The topological polar surface area (TPSA) is 32.3 Å². The van der Waals surface area contributed by atoms with Crippen LogP contribution in [0.25, 0.3) is 44.5 Å². The van der Waals surface area contributed by atoms with Gasteiger partial charge in [-0.2, -0.15) is 0 Å². The molecule has 0 amide bonds. The molecular weight excluding hydrogens is 868 g/mol. The van der Waals surface area contributed by atoms with Crippen LogP contribution in [0.4, 0.5) is 5.69 Å². The van der Waals surface area contributed by atoms with Gasteiger partial charge in [-0.15, -0.1) is 6.58 Å². The summed E-state index contributed by atoms with van der Waals surface area (Å²) in [5, 5.41) is 6.28. The van der Waals surface area contributed by atoms with Crippen LogP contribution in [0.3, 0.4) is 0 Å². The molecule has 0 fully saturated rings. The molecule has 4 aliphatic carbocycles. The van der Waals surface area contributed by atoms with E-state index in [1.165, 1.54) is 101 Å². The number of rotatable bonds is 10. The minimum absolute atomic E-state index is 0.0772. The van der Waals surface area contributed by atoms with E-state index in [1.54, 1.807) is 0 Å². The lowest BCUT2D eigenvalue weighted by molar-refractivity contribution is 0.588. The van der Waals surface area contributed by atoms with Crippen molar-refractivity contribution in [3.05, 3.63) is 274 Å². The van der Waals surface area contributed by atoms with Gasteiger partial charge in [-0.25, -0.2) is 0 Å². The average Bonchev–Trinajstić information content (AvgIpc) is 4.02. The number of fused-ring (bicyclic) bond motifs is 13. The maximum absolute atomic E-state index is 16.3. The first-order valence-corrected chi connectivity index (χ1v) is 26.6. The van der Waals surface area contributed by atoms with E-state index in [4.69, 9.17) is 0 Å². The van der Waals surface area contributed by atoms with Crippen LogP contribution in [0.1, 0.15) is 80.4 Å². The van der Waals surface area contributed by atoms with E-state index in [0.717, 1.165) is 35.2 Å². The van der Waals surface area contributed by atoms with Crippen molar-refractivity contribution in [1.82, 2.24) is 5.32 Å². The third-order valence-corrected chi connectivity index (χ3v) is 18.9. The largest absolute Gasteiger partial charge is 0.363 e. The Hall–Kier alpha value is -7.45. The molecule has 6 aromatic rings. The second-order valence-corrected chi connectivity index (χ2v) is 22.4. The van der Waals surface area contributed by atoms with Gasteiger partial charge in [0.1, 0.15) is 6.17 Å². The summed E-state index contributed by atoms with van der Waals surface area (Å²) < 4.78 is 16.3. The molecule has 0 aromatic heterocycles. The van der Waals surface area contributed by atoms with E-state index in [-0.39, 0.29) is 6.17 Å². The zero-order valence-corrected chi connectivity index (χ0v) is 41.1. The van der Waals surface area contributed by atoms with E-state index in [2.05, 4.69) is 177 Å². The number of hydrogen-bond acceptors (Lipinski definition) is 3. The molecule has 2 heterocycles. The third kappa shape index (κ3) is 6.51. The lowest BCUT2D eigenvalue weighted by Gasteiger charge is -2.36. The summed E-state index contributed by atoms with van der Waals surface area (Å²) in [6.07, 6.45) is 24.8. The highest BCUT2D eigenvalue weighted by molar-refractivity contribution is 7.79. The van der Waals surface area contributed by atoms with Crippen molar-refractivity contribution in [2.45, 2.75) is 58.0 Å². The van der Waals surface area contributed by atoms with Gasteiger partial charge in [0.15, 0.2) is 7.14 Å². The maximum atomic E-state index is 16.3. The first-order chi connectivity index (χ1) is 34.3. The fourth-order valence-electron chi connectivity index (χ4n) is 12.5. The number of hydrogen-bond donors (Lipinski definition) is 1. The molecule has 3 nitrogen and oxygen atoms in total. The molecule has 1 spiro atoms. The van der Waals surface area contributed by atoms with E-state index in [1.807, 2.05) is 67.6 Å². The minimum atomic E-state index is -3.41. The van der Waals surface area contributed by atoms with Crippen LogP contribution in [0.2, 0.25) is 0 Å². The van der Waals surface area contributed by atoms with Gasteiger partial charge in [0.2, 0.25) is 0 Å². The Morgan fingerprint density at radius 3 is 2.24 bits per heavy atom. The molecule has 3 unspecified atom stereocenters. The molecule has 2 aliphatic heterocycles. The number of nitrogens with one attached hydrogen (secondary N) is 1.